The number of hydrogen-bond donors (Lipinski definition) is 1. The number of oxime groups is 1. The average Bonchev–Trinajstić information content (AvgIpc) is 3.08. The molecular weight excluding hydrogens is 302 g/mol. The van der Waals surface area contributed by atoms with E-state index in [9.17, 15) is 4.79 Å². The molecule has 5 nitrogen and oxygen atoms in total. The fraction of sp³-hybridized carbons (Fsp3) is 0.579. The molecule has 0 saturated carbocycles. The first-order chi connectivity index (χ1) is 11.6. The predicted molar refractivity (Wildman–Crippen MR) is 96.0 cm³/mol. The van der Waals surface area contributed by atoms with Crippen molar-refractivity contribution < 1.29 is 9.63 Å². The van der Waals surface area contributed by atoms with Crippen LogP contribution >= 0.6 is 0 Å². The van der Waals surface area contributed by atoms with E-state index in [1.54, 1.807) is 0 Å². The maximum absolute atomic E-state index is 12.5. The maximum Gasteiger partial charge on any atom is 0.268 e. The van der Waals surface area contributed by atoms with Crippen LogP contribution in [-0.4, -0.2) is 35.7 Å². The normalized spacial score (nSPS) is 21.5. The molecule has 24 heavy (non-hydrogen) atoms. The third-order valence-electron chi connectivity index (χ3n) is 4.77. The minimum Gasteiger partial charge on any atom is -0.382 e. The Balaban J connectivity index is 1.61. The molecule has 5 heteroatoms. The first-order valence-corrected chi connectivity index (χ1v) is 8.97. The van der Waals surface area contributed by atoms with Crippen LogP contribution < -0.4 is 5.32 Å². The summed E-state index contributed by atoms with van der Waals surface area (Å²) in [6.07, 6.45) is 3.93. The summed E-state index contributed by atoms with van der Waals surface area (Å²) in [6.45, 7) is 7.29. The van der Waals surface area contributed by atoms with Crippen molar-refractivity contribution in [1.29, 1.82) is 0 Å². The van der Waals surface area contributed by atoms with E-state index in [1.807, 2.05) is 18.2 Å². The van der Waals surface area contributed by atoms with E-state index in [4.69, 9.17) is 4.84 Å². The van der Waals surface area contributed by atoms with Gasteiger partial charge in [0.05, 0.1) is 5.71 Å². The van der Waals surface area contributed by atoms with Crippen LogP contribution in [0, 0.1) is 5.92 Å². The number of piperidine rings is 1. The highest BCUT2D eigenvalue weighted by Crippen LogP contribution is 2.22. The zero-order chi connectivity index (χ0) is 16.9. The zero-order valence-electron chi connectivity index (χ0n) is 14.6. The van der Waals surface area contributed by atoms with Gasteiger partial charge in [0.1, 0.15) is 0 Å². The number of nitrogens with one attached hydrogen (secondary N) is 1. The van der Waals surface area contributed by atoms with E-state index < -0.39 is 6.10 Å². The largest absolute Gasteiger partial charge is 0.382 e. The van der Waals surface area contributed by atoms with Gasteiger partial charge in [-0.1, -0.05) is 43.6 Å². The molecule has 1 aromatic rings. The Morgan fingerprint density at radius 1 is 1.29 bits per heavy atom. The third kappa shape index (κ3) is 4.15. The number of rotatable bonds is 5. The number of nitrogens with zero attached hydrogens (tertiary/aromatic N) is 2. The van der Waals surface area contributed by atoms with E-state index >= 15 is 0 Å². The number of anilines is 1. The second-order valence-electron chi connectivity index (χ2n) is 7.02. The first-order valence-electron chi connectivity index (χ1n) is 8.97. The van der Waals surface area contributed by atoms with Crippen molar-refractivity contribution >= 4 is 17.3 Å². The summed E-state index contributed by atoms with van der Waals surface area (Å²) in [5, 5.41) is 7.08. The van der Waals surface area contributed by atoms with Crippen LogP contribution in [0.25, 0.3) is 0 Å². The highest BCUT2D eigenvalue weighted by atomic mass is 16.6. The Kier molecular flexibility index (Phi) is 5.51. The summed E-state index contributed by atoms with van der Waals surface area (Å²) in [7, 11) is 0. The van der Waals surface area contributed by atoms with Crippen molar-refractivity contribution in [2.24, 2.45) is 11.1 Å². The van der Waals surface area contributed by atoms with Crippen LogP contribution in [0.2, 0.25) is 0 Å². The Morgan fingerprint density at radius 2 is 2.04 bits per heavy atom. The van der Waals surface area contributed by atoms with E-state index in [0.717, 1.165) is 36.6 Å². The Labute approximate surface area is 144 Å². The number of carbonyl (C=O) groups is 1. The molecule has 1 unspecified atom stereocenters. The van der Waals surface area contributed by atoms with Gasteiger partial charge >= 0.3 is 0 Å². The van der Waals surface area contributed by atoms with Gasteiger partial charge in [-0.3, -0.25) is 9.69 Å². The van der Waals surface area contributed by atoms with Gasteiger partial charge in [-0.25, -0.2) is 0 Å². The molecule has 1 N–H and O–H groups in total. The molecule has 130 valence electrons. The standard InChI is InChI=1S/C19H27N3O2/c1-14(2)17-12-18(24-21-17)19(23)20-16-9-5-4-8-15(16)13-22-10-6-3-7-11-22/h4-5,8-9,14,18H,3,6-7,10-13H2,1-2H3,(H,20,23). The lowest BCUT2D eigenvalue weighted by Gasteiger charge is -2.27. The third-order valence-corrected chi connectivity index (χ3v) is 4.77. The average molecular weight is 329 g/mol. The smallest absolute Gasteiger partial charge is 0.268 e. The number of benzene rings is 1. The van der Waals surface area contributed by atoms with E-state index in [2.05, 4.69) is 35.3 Å². The molecule has 2 aliphatic rings. The van der Waals surface area contributed by atoms with Gasteiger partial charge in [-0.2, -0.15) is 0 Å². The highest BCUT2D eigenvalue weighted by molar-refractivity contribution is 6.00. The fourth-order valence-electron chi connectivity index (χ4n) is 3.23. The molecule has 2 heterocycles. The molecule has 1 saturated heterocycles. The van der Waals surface area contributed by atoms with E-state index in [-0.39, 0.29) is 5.91 Å². The summed E-state index contributed by atoms with van der Waals surface area (Å²) in [6, 6.07) is 8.05. The molecule has 1 fully saturated rings. The van der Waals surface area contributed by atoms with E-state index in [1.165, 1.54) is 19.3 Å². The van der Waals surface area contributed by atoms with Crippen LogP contribution in [0.15, 0.2) is 29.4 Å². The van der Waals surface area contributed by atoms with E-state index in [0.29, 0.717) is 12.3 Å². The van der Waals surface area contributed by atoms with Crippen LogP contribution in [0.3, 0.4) is 0 Å². The lowest BCUT2D eigenvalue weighted by Crippen LogP contribution is -2.31. The Morgan fingerprint density at radius 3 is 2.75 bits per heavy atom. The van der Waals surface area contributed by atoms with Crippen molar-refractivity contribution in [2.75, 3.05) is 18.4 Å². The molecule has 2 aliphatic heterocycles. The number of carbonyl (C=O) groups excluding carboxylic acids is 1. The summed E-state index contributed by atoms with van der Waals surface area (Å²) < 4.78 is 0. The summed E-state index contributed by atoms with van der Waals surface area (Å²) in [4.78, 5) is 20.3. The summed E-state index contributed by atoms with van der Waals surface area (Å²) in [5.74, 6) is 0.203. The fourth-order valence-corrected chi connectivity index (χ4v) is 3.23. The molecule has 0 aromatic heterocycles. The second-order valence-corrected chi connectivity index (χ2v) is 7.02. The molecule has 1 atom stereocenters. The number of hydrogen-bond acceptors (Lipinski definition) is 4. The molecule has 0 bridgehead atoms. The van der Waals surface area contributed by atoms with Crippen molar-refractivity contribution in [3.8, 4) is 0 Å². The lowest BCUT2D eigenvalue weighted by atomic mass is 10.0. The van der Waals surface area contributed by atoms with Crippen molar-refractivity contribution in [3.05, 3.63) is 29.8 Å². The van der Waals surface area contributed by atoms with Crippen LogP contribution in [0.5, 0.6) is 0 Å². The van der Waals surface area contributed by atoms with Crippen molar-refractivity contribution in [1.82, 2.24) is 4.90 Å². The van der Waals surface area contributed by atoms with Gasteiger partial charge in [0.25, 0.3) is 5.91 Å². The monoisotopic (exact) mass is 329 g/mol. The van der Waals surface area contributed by atoms with Crippen molar-refractivity contribution in [2.45, 2.75) is 52.2 Å². The summed E-state index contributed by atoms with van der Waals surface area (Å²) >= 11 is 0. The number of amides is 1. The van der Waals surface area contributed by atoms with Gasteiger partial charge in [0.2, 0.25) is 6.10 Å². The van der Waals surface area contributed by atoms with Gasteiger partial charge in [0, 0.05) is 18.7 Å². The lowest BCUT2D eigenvalue weighted by molar-refractivity contribution is -0.125. The van der Waals surface area contributed by atoms with Gasteiger partial charge in [0.15, 0.2) is 0 Å². The highest BCUT2D eigenvalue weighted by Gasteiger charge is 2.29. The molecule has 0 aliphatic carbocycles. The second kappa shape index (κ2) is 7.79. The summed E-state index contributed by atoms with van der Waals surface area (Å²) in [5.41, 5.74) is 3.00. The molecule has 3 rings (SSSR count). The van der Waals surface area contributed by atoms with Gasteiger partial charge < -0.3 is 10.2 Å². The molecular formula is C19H27N3O2. The molecule has 0 radical (unpaired) electrons. The van der Waals surface area contributed by atoms with Crippen LogP contribution in [0.1, 0.15) is 45.1 Å². The zero-order valence-corrected chi connectivity index (χ0v) is 14.6. The predicted octanol–water partition coefficient (Wildman–Crippen LogP) is 3.41. The van der Waals surface area contributed by atoms with Crippen LogP contribution in [-0.2, 0) is 16.2 Å². The minimum absolute atomic E-state index is 0.111. The molecule has 1 amide bonds. The van der Waals surface area contributed by atoms with Gasteiger partial charge in [-0.05, 0) is 43.5 Å². The molecule has 1 aromatic carbocycles. The number of likely N-dealkylation sites (tertiary alicyclic amines) is 1. The Bertz CT molecular complexity index is 606. The van der Waals surface area contributed by atoms with Gasteiger partial charge in [-0.15, -0.1) is 0 Å². The number of para-hydroxylation sites is 1. The van der Waals surface area contributed by atoms with Crippen molar-refractivity contribution in [3.63, 3.8) is 0 Å². The maximum atomic E-state index is 12.5. The first kappa shape index (κ1) is 17.0. The minimum atomic E-state index is -0.509. The topological polar surface area (TPSA) is 53.9 Å². The van der Waals surface area contributed by atoms with Crippen LogP contribution in [0.4, 0.5) is 5.69 Å². The quantitative estimate of drug-likeness (QED) is 0.900. The molecule has 0 spiro atoms. The SMILES string of the molecule is CC(C)C1=NOC(C(=O)Nc2ccccc2CN2CCCCC2)C1. The Hall–Kier alpha value is -1.88.